The number of aromatic carboxylic acids is 1. The van der Waals surface area contributed by atoms with Crippen LogP contribution in [-0.2, 0) is 7.05 Å². The van der Waals surface area contributed by atoms with Crippen LogP contribution in [0.5, 0.6) is 0 Å². The van der Waals surface area contributed by atoms with Crippen molar-refractivity contribution in [2.24, 2.45) is 7.05 Å². The highest BCUT2D eigenvalue weighted by atomic mass is 16.5. The molecule has 8 heteroatoms. The van der Waals surface area contributed by atoms with Crippen LogP contribution in [0.25, 0.3) is 11.2 Å². The predicted octanol–water partition coefficient (Wildman–Crippen LogP) is -1.43. The van der Waals surface area contributed by atoms with Crippen molar-refractivity contribution in [3.05, 3.63) is 17.4 Å². The summed E-state index contributed by atoms with van der Waals surface area (Å²) in [5.41, 5.74) is 0.484. The molecule has 0 amide bonds. The maximum Gasteiger partial charge on any atom is 0.310 e. The summed E-state index contributed by atoms with van der Waals surface area (Å²) in [6.07, 6.45) is 3.41. The van der Waals surface area contributed by atoms with Gasteiger partial charge in [0.25, 0.3) is 5.65 Å². The summed E-state index contributed by atoms with van der Waals surface area (Å²) in [7, 11) is 1.47. The first-order valence-corrected chi connectivity index (χ1v) is 6.00. The van der Waals surface area contributed by atoms with E-state index in [2.05, 4.69) is 9.97 Å². The van der Waals surface area contributed by atoms with Crippen LogP contribution in [-0.4, -0.2) is 33.6 Å². The Labute approximate surface area is 108 Å². The highest BCUT2D eigenvalue weighted by Gasteiger charge is 2.27. The average molecular weight is 262 g/mol. The molecule has 0 radical (unpaired) electrons. The lowest BCUT2D eigenvalue weighted by Gasteiger charge is -2.16. The monoisotopic (exact) mass is 262 g/mol. The number of aryl methyl sites for hydroxylation is 1. The van der Waals surface area contributed by atoms with Gasteiger partial charge in [-0.05, 0) is 12.8 Å². The SMILES string of the molecule is Cn1c(C(=O)[O-])[n+]([O-])c2c(N3CCCC3)ncnc21. The van der Waals surface area contributed by atoms with Gasteiger partial charge < -0.3 is 20.0 Å². The summed E-state index contributed by atoms with van der Waals surface area (Å²) in [6, 6.07) is 0. The van der Waals surface area contributed by atoms with Gasteiger partial charge in [0.2, 0.25) is 5.52 Å². The molecule has 2 aromatic rings. The Morgan fingerprint density at radius 1 is 1.37 bits per heavy atom. The molecule has 8 nitrogen and oxygen atoms in total. The second-order valence-electron chi connectivity index (χ2n) is 4.53. The summed E-state index contributed by atoms with van der Waals surface area (Å²) < 4.78 is 1.57. The number of rotatable bonds is 2. The van der Waals surface area contributed by atoms with E-state index in [0.29, 0.717) is 16.2 Å². The van der Waals surface area contributed by atoms with Crippen LogP contribution in [0.2, 0.25) is 0 Å². The molecule has 0 atom stereocenters. The standard InChI is InChI=1S/C11H13N5O3/c1-14-8-7(16(19)10(14)11(17)18)9(13-6-12-8)15-4-2-3-5-15/h6H,2-5H2,1H3,(H,17,18)/p-1. The van der Waals surface area contributed by atoms with Gasteiger partial charge in [-0.3, -0.25) is 0 Å². The molecule has 0 aromatic carbocycles. The van der Waals surface area contributed by atoms with Crippen LogP contribution in [0.4, 0.5) is 5.82 Å². The average Bonchev–Trinajstić information content (AvgIpc) is 2.98. The lowest BCUT2D eigenvalue weighted by molar-refractivity contribution is -0.584. The van der Waals surface area contributed by atoms with Gasteiger partial charge in [0, 0.05) is 13.1 Å². The quantitative estimate of drug-likeness (QED) is 0.485. The van der Waals surface area contributed by atoms with Crippen LogP contribution in [0.15, 0.2) is 6.33 Å². The third-order valence-electron chi connectivity index (χ3n) is 3.40. The van der Waals surface area contributed by atoms with Gasteiger partial charge in [-0.1, -0.05) is 0 Å². The Kier molecular flexibility index (Phi) is 2.51. The number of carboxylic acid groups (broad SMARTS) is 1. The molecule has 2 aromatic heterocycles. The second-order valence-corrected chi connectivity index (χ2v) is 4.53. The van der Waals surface area contributed by atoms with Gasteiger partial charge in [-0.25, -0.2) is 14.3 Å². The molecule has 100 valence electrons. The zero-order chi connectivity index (χ0) is 13.6. The van der Waals surface area contributed by atoms with Crippen LogP contribution >= 0.6 is 0 Å². The van der Waals surface area contributed by atoms with Crippen molar-refractivity contribution in [2.75, 3.05) is 18.0 Å². The van der Waals surface area contributed by atoms with Crippen molar-refractivity contribution in [3.8, 4) is 0 Å². The maximum atomic E-state index is 12.1. The fraction of sp³-hybridized carbons (Fsp3) is 0.455. The van der Waals surface area contributed by atoms with E-state index in [4.69, 9.17) is 0 Å². The molecular weight excluding hydrogens is 250 g/mol. The van der Waals surface area contributed by atoms with Crippen molar-refractivity contribution in [2.45, 2.75) is 12.8 Å². The molecule has 1 fully saturated rings. The van der Waals surface area contributed by atoms with Gasteiger partial charge in [-0.2, -0.15) is 4.98 Å². The number of aromatic nitrogens is 4. The third kappa shape index (κ3) is 1.60. The molecule has 1 saturated heterocycles. The minimum Gasteiger partial charge on any atom is -0.710 e. The van der Waals surface area contributed by atoms with Crippen LogP contribution < -0.4 is 14.7 Å². The number of fused-ring (bicyclic) bond motifs is 1. The van der Waals surface area contributed by atoms with Gasteiger partial charge in [0.1, 0.15) is 6.33 Å². The second kappa shape index (κ2) is 4.08. The molecule has 0 spiro atoms. The molecule has 3 heterocycles. The van der Waals surface area contributed by atoms with Crippen molar-refractivity contribution < 1.29 is 14.6 Å². The molecule has 1 aliphatic rings. The van der Waals surface area contributed by atoms with Crippen LogP contribution in [0, 0.1) is 5.21 Å². The summed E-state index contributed by atoms with van der Waals surface area (Å²) in [5.74, 6) is -1.50. The number of carboxylic acids is 1. The van der Waals surface area contributed by atoms with Crippen molar-refractivity contribution in [3.63, 3.8) is 0 Å². The molecule has 0 bridgehead atoms. The van der Waals surface area contributed by atoms with Gasteiger partial charge in [0.05, 0.1) is 7.05 Å². The summed E-state index contributed by atoms with van der Waals surface area (Å²) in [6.45, 7) is 1.61. The van der Waals surface area contributed by atoms with E-state index < -0.39 is 11.8 Å². The first kappa shape index (κ1) is 11.7. The Bertz CT molecular complexity index is 660. The molecule has 3 rings (SSSR count). The van der Waals surface area contributed by atoms with E-state index in [1.54, 1.807) is 0 Å². The van der Waals surface area contributed by atoms with E-state index in [1.807, 2.05) is 4.90 Å². The van der Waals surface area contributed by atoms with Gasteiger partial charge in [0.15, 0.2) is 11.8 Å². The molecular formula is C11H12N5O3-. The topological polar surface area (TPSA) is 101 Å². The molecule has 0 saturated carbocycles. The minimum atomic E-state index is -1.53. The number of hydrogen-bond acceptors (Lipinski definition) is 6. The van der Waals surface area contributed by atoms with Crippen LogP contribution in [0.1, 0.15) is 23.5 Å². The van der Waals surface area contributed by atoms with Crippen molar-refractivity contribution >= 4 is 23.0 Å². The third-order valence-corrected chi connectivity index (χ3v) is 3.40. The van der Waals surface area contributed by atoms with E-state index in [0.717, 1.165) is 25.9 Å². The Hall–Kier alpha value is -2.38. The fourth-order valence-corrected chi connectivity index (χ4v) is 2.51. The molecule has 0 N–H and O–H groups in total. The molecule has 0 unspecified atom stereocenters. The summed E-state index contributed by atoms with van der Waals surface area (Å²) >= 11 is 0. The molecule has 0 aliphatic carbocycles. The van der Waals surface area contributed by atoms with E-state index in [1.165, 1.54) is 17.9 Å². The Balaban J connectivity index is 2.30. The fourth-order valence-electron chi connectivity index (χ4n) is 2.51. The lowest BCUT2D eigenvalue weighted by atomic mass is 10.4. The normalized spacial score (nSPS) is 15.3. The van der Waals surface area contributed by atoms with E-state index in [9.17, 15) is 15.1 Å². The smallest absolute Gasteiger partial charge is 0.310 e. The van der Waals surface area contributed by atoms with E-state index in [-0.39, 0.29) is 5.52 Å². The summed E-state index contributed by atoms with van der Waals surface area (Å²) in [5, 5.41) is 23.2. The number of nitrogens with zero attached hydrogens (tertiary/aromatic N) is 5. The van der Waals surface area contributed by atoms with Gasteiger partial charge >= 0.3 is 5.82 Å². The number of anilines is 1. The first-order valence-electron chi connectivity index (χ1n) is 6.00. The molecule has 1 aliphatic heterocycles. The van der Waals surface area contributed by atoms with E-state index >= 15 is 0 Å². The van der Waals surface area contributed by atoms with Crippen molar-refractivity contribution in [1.82, 2.24) is 14.5 Å². The van der Waals surface area contributed by atoms with Gasteiger partial charge in [-0.15, -0.1) is 0 Å². The predicted molar refractivity (Wildman–Crippen MR) is 63.2 cm³/mol. The lowest BCUT2D eigenvalue weighted by Crippen LogP contribution is -2.41. The summed E-state index contributed by atoms with van der Waals surface area (Å²) in [4.78, 5) is 21.1. The van der Waals surface area contributed by atoms with Crippen LogP contribution in [0.3, 0.4) is 0 Å². The maximum absolute atomic E-state index is 12.1. The number of carbonyl (C=O) groups is 1. The zero-order valence-corrected chi connectivity index (χ0v) is 10.4. The zero-order valence-electron chi connectivity index (χ0n) is 10.4. The highest BCUT2D eigenvalue weighted by molar-refractivity contribution is 5.87. The number of carbonyl (C=O) groups excluding carboxylic acids is 1. The first-order chi connectivity index (χ1) is 9.11. The minimum absolute atomic E-state index is 0.186. The largest absolute Gasteiger partial charge is 0.710 e. The van der Waals surface area contributed by atoms with Crippen molar-refractivity contribution in [1.29, 1.82) is 0 Å². The Morgan fingerprint density at radius 2 is 2.05 bits per heavy atom. The number of hydrogen-bond donors (Lipinski definition) is 0. The molecule has 19 heavy (non-hydrogen) atoms. The highest BCUT2D eigenvalue weighted by Crippen LogP contribution is 2.24. The number of imidazole rings is 1. The Morgan fingerprint density at radius 3 is 2.68 bits per heavy atom.